The minimum absolute atomic E-state index is 0.131. The fraction of sp³-hybridized carbons (Fsp3) is 0.273. The number of aromatic nitrogens is 2. The Labute approximate surface area is 97.5 Å². The van der Waals surface area contributed by atoms with Gasteiger partial charge >= 0.3 is 0 Å². The Hall–Kier alpha value is -1.49. The van der Waals surface area contributed by atoms with Gasteiger partial charge in [0.2, 0.25) is 0 Å². The number of rotatable bonds is 2. The molecule has 0 aromatic carbocycles. The van der Waals surface area contributed by atoms with Crippen molar-refractivity contribution >= 4 is 22.7 Å². The van der Waals surface area contributed by atoms with Gasteiger partial charge in [0.1, 0.15) is 0 Å². The average molecular weight is 235 g/mol. The molecule has 4 nitrogen and oxygen atoms in total. The molecule has 2 rings (SSSR count). The number of nitrogens with zero attached hydrogens (tertiary/aromatic N) is 2. The number of aryl methyl sites for hydroxylation is 1. The maximum atomic E-state index is 11.8. The fourth-order valence-corrected chi connectivity index (χ4v) is 2.02. The van der Waals surface area contributed by atoms with Crippen molar-refractivity contribution in [2.45, 2.75) is 18.4 Å². The van der Waals surface area contributed by atoms with Gasteiger partial charge < -0.3 is 5.84 Å². The minimum atomic E-state index is -0.131. The normalized spacial score (nSPS) is 10.9. The van der Waals surface area contributed by atoms with Crippen molar-refractivity contribution in [3.8, 4) is 0 Å². The lowest BCUT2D eigenvalue weighted by Gasteiger charge is -2.07. The summed E-state index contributed by atoms with van der Waals surface area (Å²) in [5.74, 6) is 5.79. The van der Waals surface area contributed by atoms with Crippen LogP contribution < -0.4 is 11.4 Å². The molecule has 0 saturated carbocycles. The molecule has 2 aromatic rings. The first-order chi connectivity index (χ1) is 7.67. The Balaban J connectivity index is 2.82. The largest absolute Gasteiger partial charge is 0.336 e. The van der Waals surface area contributed by atoms with E-state index in [0.29, 0.717) is 12.0 Å². The Morgan fingerprint density at radius 2 is 2.25 bits per heavy atom. The summed E-state index contributed by atoms with van der Waals surface area (Å²) in [7, 11) is 0. The van der Waals surface area contributed by atoms with Gasteiger partial charge in [0, 0.05) is 17.1 Å². The molecule has 16 heavy (non-hydrogen) atoms. The first-order valence-corrected chi connectivity index (χ1v) is 6.23. The van der Waals surface area contributed by atoms with Crippen LogP contribution in [0.2, 0.25) is 0 Å². The molecule has 0 aliphatic rings. The molecule has 0 aliphatic heterocycles. The van der Waals surface area contributed by atoms with Crippen LogP contribution in [0.25, 0.3) is 10.9 Å². The number of hydrogen-bond acceptors (Lipinski definition) is 4. The first-order valence-electron chi connectivity index (χ1n) is 5.01. The predicted octanol–water partition coefficient (Wildman–Crippen LogP) is 1.39. The zero-order valence-corrected chi connectivity index (χ0v) is 10.0. The molecule has 0 bridgehead atoms. The van der Waals surface area contributed by atoms with Gasteiger partial charge in [0.15, 0.2) is 0 Å². The van der Waals surface area contributed by atoms with Gasteiger partial charge in [-0.2, -0.15) is 0 Å². The molecule has 84 valence electrons. The van der Waals surface area contributed by atoms with E-state index in [0.717, 1.165) is 15.9 Å². The highest BCUT2D eigenvalue weighted by Gasteiger charge is 2.06. The number of nitrogen functional groups attached to an aromatic ring is 1. The topological polar surface area (TPSA) is 60.9 Å². The summed E-state index contributed by atoms with van der Waals surface area (Å²) < 4.78 is 1.20. The zero-order chi connectivity index (χ0) is 11.7. The van der Waals surface area contributed by atoms with Crippen molar-refractivity contribution in [2.24, 2.45) is 0 Å². The average Bonchev–Trinajstić information content (AvgIpc) is 2.33. The van der Waals surface area contributed by atoms with Crippen LogP contribution in [-0.4, -0.2) is 15.9 Å². The smallest absolute Gasteiger partial charge is 0.272 e. The van der Waals surface area contributed by atoms with E-state index in [1.54, 1.807) is 6.20 Å². The molecule has 0 saturated heterocycles. The summed E-state index contributed by atoms with van der Waals surface area (Å²) in [6.45, 7) is 1.94. The second kappa shape index (κ2) is 4.17. The van der Waals surface area contributed by atoms with Crippen molar-refractivity contribution < 1.29 is 0 Å². The van der Waals surface area contributed by atoms with Crippen LogP contribution >= 0.6 is 11.8 Å². The summed E-state index contributed by atoms with van der Waals surface area (Å²) in [4.78, 5) is 16.1. The Bertz CT molecular complexity index is 592. The summed E-state index contributed by atoms with van der Waals surface area (Å²) in [6.07, 6.45) is 4.37. The van der Waals surface area contributed by atoms with Crippen LogP contribution in [0, 0.1) is 0 Å². The Kier molecular flexibility index (Phi) is 2.87. The molecule has 2 heterocycles. The molecule has 2 N–H and O–H groups in total. The van der Waals surface area contributed by atoms with Crippen LogP contribution in [0.4, 0.5) is 0 Å². The highest BCUT2D eigenvalue weighted by Crippen LogP contribution is 2.18. The molecular formula is C11H13N3OS. The molecule has 0 radical (unpaired) electrons. The minimum Gasteiger partial charge on any atom is -0.336 e. The molecule has 0 fully saturated rings. The lowest BCUT2D eigenvalue weighted by molar-refractivity contribution is 0.933. The molecule has 0 aliphatic carbocycles. The first kappa shape index (κ1) is 11.0. The SMILES string of the molecule is CCc1cc2cnc(SC)cc2n(N)c1=O. The van der Waals surface area contributed by atoms with Crippen molar-refractivity contribution in [3.63, 3.8) is 0 Å². The van der Waals surface area contributed by atoms with Crippen LogP contribution in [0.5, 0.6) is 0 Å². The van der Waals surface area contributed by atoms with Crippen LogP contribution in [-0.2, 0) is 6.42 Å². The summed E-state index contributed by atoms with van der Waals surface area (Å²) >= 11 is 1.53. The van der Waals surface area contributed by atoms with Gasteiger partial charge in [0.25, 0.3) is 5.56 Å². The van der Waals surface area contributed by atoms with E-state index in [9.17, 15) is 4.79 Å². The highest BCUT2D eigenvalue weighted by atomic mass is 32.2. The number of nitrogens with two attached hydrogens (primary N) is 1. The summed E-state index contributed by atoms with van der Waals surface area (Å²) in [6, 6.07) is 3.69. The third kappa shape index (κ3) is 1.67. The Morgan fingerprint density at radius 3 is 2.88 bits per heavy atom. The number of thioether (sulfide) groups is 1. The van der Waals surface area contributed by atoms with Crippen LogP contribution in [0.3, 0.4) is 0 Å². The number of fused-ring (bicyclic) bond motifs is 1. The molecule has 0 amide bonds. The van der Waals surface area contributed by atoms with Crippen LogP contribution in [0.15, 0.2) is 28.2 Å². The molecular weight excluding hydrogens is 222 g/mol. The second-order valence-electron chi connectivity index (χ2n) is 3.48. The molecule has 2 aromatic heterocycles. The van der Waals surface area contributed by atoms with E-state index in [-0.39, 0.29) is 5.56 Å². The van der Waals surface area contributed by atoms with E-state index in [4.69, 9.17) is 5.84 Å². The van der Waals surface area contributed by atoms with E-state index < -0.39 is 0 Å². The van der Waals surface area contributed by atoms with Crippen molar-refractivity contribution in [2.75, 3.05) is 12.1 Å². The van der Waals surface area contributed by atoms with Gasteiger partial charge in [-0.15, -0.1) is 11.8 Å². The van der Waals surface area contributed by atoms with Gasteiger partial charge in [-0.1, -0.05) is 6.92 Å². The Morgan fingerprint density at radius 1 is 1.50 bits per heavy atom. The summed E-state index contributed by atoms with van der Waals surface area (Å²) in [5, 5.41) is 1.76. The maximum Gasteiger partial charge on any atom is 0.272 e. The van der Waals surface area contributed by atoms with E-state index in [2.05, 4.69) is 4.98 Å². The third-order valence-electron chi connectivity index (χ3n) is 2.56. The van der Waals surface area contributed by atoms with Crippen molar-refractivity contribution in [1.29, 1.82) is 0 Å². The lowest BCUT2D eigenvalue weighted by atomic mass is 10.1. The van der Waals surface area contributed by atoms with Crippen molar-refractivity contribution in [1.82, 2.24) is 9.66 Å². The van der Waals surface area contributed by atoms with Crippen molar-refractivity contribution in [3.05, 3.63) is 34.2 Å². The van der Waals surface area contributed by atoms with E-state index >= 15 is 0 Å². The fourth-order valence-electron chi connectivity index (χ4n) is 1.64. The van der Waals surface area contributed by atoms with Gasteiger partial charge in [-0.3, -0.25) is 4.79 Å². The number of hydrogen-bond donors (Lipinski definition) is 1. The molecule has 0 spiro atoms. The van der Waals surface area contributed by atoms with Gasteiger partial charge in [-0.05, 0) is 24.8 Å². The standard InChI is InChI=1S/C11H13N3OS/c1-3-7-4-8-6-13-10(16-2)5-9(8)14(12)11(7)15/h4-6H,3,12H2,1-2H3. The van der Waals surface area contributed by atoms with Gasteiger partial charge in [-0.25, -0.2) is 9.66 Å². The monoisotopic (exact) mass is 235 g/mol. The summed E-state index contributed by atoms with van der Waals surface area (Å²) in [5.41, 5.74) is 1.31. The maximum absolute atomic E-state index is 11.8. The molecule has 0 atom stereocenters. The quantitative estimate of drug-likeness (QED) is 0.631. The van der Waals surface area contributed by atoms with E-state index in [1.807, 2.05) is 25.3 Å². The lowest BCUT2D eigenvalue weighted by Crippen LogP contribution is -2.29. The highest BCUT2D eigenvalue weighted by molar-refractivity contribution is 7.98. The number of pyridine rings is 2. The van der Waals surface area contributed by atoms with E-state index in [1.165, 1.54) is 16.4 Å². The van der Waals surface area contributed by atoms with Gasteiger partial charge in [0.05, 0.1) is 10.5 Å². The molecule has 5 heteroatoms. The predicted molar refractivity (Wildman–Crippen MR) is 67.3 cm³/mol. The zero-order valence-electron chi connectivity index (χ0n) is 9.23. The third-order valence-corrected chi connectivity index (χ3v) is 3.20. The second-order valence-corrected chi connectivity index (χ2v) is 4.31. The van der Waals surface area contributed by atoms with Crippen LogP contribution in [0.1, 0.15) is 12.5 Å². The molecule has 0 unspecified atom stereocenters.